The number of amides is 3. The Morgan fingerprint density at radius 1 is 1.28 bits per heavy atom. The molecule has 0 bridgehead atoms. The summed E-state index contributed by atoms with van der Waals surface area (Å²) in [6, 6.07) is 7.77. The van der Waals surface area contributed by atoms with Gasteiger partial charge >= 0.3 is 12.0 Å². The van der Waals surface area contributed by atoms with E-state index in [0.29, 0.717) is 17.9 Å². The first-order valence-corrected chi connectivity index (χ1v) is 7.49. The Bertz CT molecular complexity index is 704. The highest BCUT2D eigenvalue weighted by atomic mass is 16.5. The normalized spacial score (nSPS) is 11.7. The first-order chi connectivity index (χ1) is 11.9. The van der Waals surface area contributed by atoms with Crippen molar-refractivity contribution in [3.8, 4) is 11.8 Å². The summed E-state index contributed by atoms with van der Waals surface area (Å²) in [6.07, 6.45) is 0.100. The van der Waals surface area contributed by atoms with Crippen LogP contribution in [0.25, 0.3) is 6.08 Å². The second-order valence-corrected chi connectivity index (χ2v) is 4.79. The Labute approximate surface area is 145 Å². The van der Waals surface area contributed by atoms with Gasteiger partial charge in [0, 0.05) is 7.05 Å². The fourth-order valence-electron chi connectivity index (χ4n) is 1.68. The molecule has 3 amide bonds. The molecule has 0 aromatic heterocycles. The van der Waals surface area contributed by atoms with E-state index in [2.05, 4.69) is 5.32 Å². The average Bonchev–Trinajstić information content (AvgIpc) is 2.60. The molecule has 0 aliphatic carbocycles. The smallest absolute Gasteiger partial charge is 0.349 e. The molecule has 132 valence electrons. The van der Waals surface area contributed by atoms with Crippen molar-refractivity contribution >= 4 is 24.0 Å². The molecule has 0 fully saturated rings. The highest BCUT2D eigenvalue weighted by Crippen LogP contribution is 2.15. The average molecular weight is 345 g/mol. The van der Waals surface area contributed by atoms with Gasteiger partial charge in [0.1, 0.15) is 17.4 Å². The van der Waals surface area contributed by atoms with Crippen LogP contribution in [0.5, 0.6) is 5.75 Å². The van der Waals surface area contributed by atoms with Gasteiger partial charge in [-0.3, -0.25) is 10.1 Å². The van der Waals surface area contributed by atoms with Gasteiger partial charge < -0.3 is 14.8 Å². The van der Waals surface area contributed by atoms with Crippen molar-refractivity contribution in [1.29, 1.82) is 5.26 Å². The molecule has 0 saturated heterocycles. The summed E-state index contributed by atoms with van der Waals surface area (Å²) in [4.78, 5) is 34.7. The first-order valence-electron chi connectivity index (χ1n) is 7.49. The van der Waals surface area contributed by atoms with E-state index >= 15 is 0 Å². The summed E-state index contributed by atoms with van der Waals surface area (Å²) in [7, 11) is 1.34. The molecule has 25 heavy (non-hydrogen) atoms. The van der Waals surface area contributed by atoms with Gasteiger partial charge in [0.25, 0.3) is 5.91 Å². The fourth-order valence-corrected chi connectivity index (χ4v) is 1.68. The van der Waals surface area contributed by atoms with Crippen LogP contribution in [0.15, 0.2) is 29.8 Å². The number of ether oxygens (including phenoxy) is 2. The number of carbonyl (C=O) groups is 3. The van der Waals surface area contributed by atoms with Crippen LogP contribution in [0.4, 0.5) is 4.79 Å². The topological polar surface area (TPSA) is 118 Å². The second kappa shape index (κ2) is 9.72. The third-order valence-electron chi connectivity index (χ3n) is 2.96. The number of carbonyl (C=O) groups excluding carboxylic acids is 3. The number of rotatable bonds is 6. The van der Waals surface area contributed by atoms with Crippen molar-refractivity contribution in [1.82, 2.24) is 10.6 Å². The molecule has 0 spiro atoms. The molecule has 8 heteroatoms. The van der Waals surface area contributed by atoms with Crippen LogP contribution >= 0.6 is 0 Å². The van der Waals surface area contributed by atoms with Gasteiger partial charge in [-0.2, -0.15) is 5.26 Å². The van der Waals surface area contributed by atoms with Crippen LogP contribution in [0, 0.1) is 11.3 Å². The van der Waals surface area contributed by atoms with E-state index < -0.39 is 24.0 Å². The number of nitrogens with zero attached hydrogens (tertiary/aromatic N) is 1. The Morgan fingerprint density at radius 2 is 1.92 bits per heavy atom. The van der Waals surface area contributed by atoms with Crippen molar-refractivity contribution in [2.75, 3.05) is 13.7 Å². The molecule has 1 rings (SSSR count). The number of nitriles is 1. The van der Waals surface area contributed by atoms with E-state index in [0.717, 1.165) is 0 Å². The summed E-state index contributed by atoms with van der Waals surface area (Å²) in [5, 5.41) is 13.3. The van der Waals surface area contributed by atoms with Gasteiger partial charge in [0.2, 0.25) is 0 Å². The minimum absolute atomic E-state index is 0.274. The van der Waals surface area contributed by atoms with Crippen molar-refractivity contribution in [3.05, 3.63) is 35.4 Å². The minimum atomic E-state index is -1.23. The number of hydrogen-bond donors (Lipinski definition) is 2. The lowest BCUT2D eigenvalue weighted by Gasteiger charge is -2.12. The van der Waals surface area contributed by atoms with Crippen molar-refractivity contribution < 1.29 is 23.9 Å². The third-order valence-corrected chi connectivity index (χ3v) is 2.96. The van der Waals surface area contributed by atoms with E-state index in [1.54, 1.807) is 30.3 Å². The van der Waals surface area contributed by atoms with Gasteiger partial charge in [0.15, 0.2) is 6.10 Å². The number of esters is 1. The largest absolute Gasteiger partial charge is 0.494 e. The molecule has 1 atom stereocenters. The molecule has 0 aliphatic heterocycles. The summed E-state index contributed by atoms with van der Waals surface area (Å²) in [5.74, 6) is -1.10. The van der Waals surface area contributed by atoms with Gasteiger partial charge in [0.05, 0.1) is 6.61 Å². The van der Waals surface area contributed by atoms with E-state index in [9.17, 15) is 14.4 Å². The standard InChI is InChI=1S/C17H19N3O5/c1-4-24-14-7-5-12(6-8-14)9-13(10-18)16(22)25-11(2)15(21)20-17(23)19-3/h5-9,11H,4H2,1-3H3,(H2,19,20,21,23)/b13-9+/t11-/m1/s1. The molecule has 2 N–H and O–H groups in total. The monoisotopic (exact) mass is 345 g/mol. The quantitative estimate of drug-likeness (QED) is 0.457. The van der Waals surface area contributed by atoms with Crippen LogP contribution in [-0.2, 0) is 14.3 Å². The number of nitrogens with one attached hydrogen (secondary N) is 2. The summed E-state index contributed by atoms with van der Waals surface area (Å²) in [5.41, 5.74) is 0.322. The molecule has 0 saturated carbocycles. The predicted octanol–water partition coefficient (Wildman–Crippen LogP) is 1.38. The minimum Gasteiger partial charge on any atom is -0.494 e. The number of benzene rings is 1. The molecule has 1 aromatic rings. The van der Waals surface area contributed by atoms with Gasteiger partial charge in [-0.05, 0) is 37.6 Å². The van der Waals surface area contributed by atoms with Crippen LogP contribution in [0.1, 0.15) is 19.4 Å². The molecule has 0 unspecified atom stereocenters. The van der Waals surface area contributed by atoms with Crippen LogP contribution in [0.3, 0.4) is 0 Å². The first kappa shape index (κ1) is 19.7. The van der Waals surface area contributed by atoms with Crippen molar-refractivity contribution in [2.45, 2.75) is 20.0 Å². The summed E-state index contributed by atoms with van der Waals surface area (Å²) >= 11 is 0. The molecule has 1 aromatic carbocycles. The highest BCUT2D eigenvalue weighted by Gasteiger charge is 2.21. The Morgan fingerprint density at radius 3 is 2.44 bits per heavy atom. The van der Waals surface area contributed by atoms with E-state index in [1.807, 2.05) is 12.2 Å². The van der Waals surface area contributed by atoms with Crippen LogP contribution in [0.2, 0.25) is 0 Å². The van der Waals surface area contributed by atoms with E-state index in [4.69, 9.17) is 14.7 Å². The summed E-state index contributed by atoms with van der Waals surface area (Å²) < 4.78 is 10.2. The molecular weight excluding hydrogens is 326 g/mol. The van der Waals surface area contributed by atoms with Crippen LogP contribution < -0.4 is 15.4 Å². The zero-order chi connectivity index (χ0) is 18.8. The number of urea groups is 1. The third kappa shape index (κ3) is 6.35. The Kier molecular flexibility index (Phi) is 7.66. The van der Waals surface area contributed by atoms with Crippen molar-refractivity contribution in [3.63, 3.8) is 0 Å². The maximum absolute atomic E-state index is 12.0. The summed E-state index contributed by atoms with van der Waals surface area (Å²) in [6.45, 7) is 3.68. The number of hydrogen-bond acceptors (Lipinski definition) is 6. The van der Waals surface area contributed by atoms with Gasteiger partial charge in [-0.25, -0.2) is 9.59 Å². The zero-order valence-electron chi connectivity index (χ0n) is 14.2. The second-order valence-electron chi connectivity index (χ2n) is 4.79. The molecule has 0 aliphatic rings. The lowest BCUT2D eigenvalue weighted by Crippen LogP contribution is -2.43. The fraction of sp³-hybridized carbons (Fsp3) is 0.294. The van der Waals surface area contributed by atoms with Crippen LogP contribution in [-0.4, -0.2) is 37.7 Å². The van der Waals surface area contributed by atoms with Gasteiger partial charge in [-0.15, -0.1) is 0 Å². The maximum atomic E-state index is 12.0. The molecule has 0 heterocycles. The molecule has 8 nitrogen and oxygen atoms in total. The van der Waals surface area contributed by atoms with Gasteiger partial charge in [-0.1, -0.05) is 12.1 Å². The molecular formula is C17H19N3O5. The highest BCUT2D eigenvalue weighted by molar-refractivity contribution is 6.01. The molecule has 0 radical (unpaired) electrons. The SMILES string of the molecule is CCOc1ccc(/C=C(\C#N)C(=O)O[C@H](C)C(=O)NC(=O)NC)cc1. The lowest BCUT2D eigenvalue weighted by molar-refractivity contribution is -0.150. The number of imide groups is 1. The Hall–Kier alpha value is -3.34. The predicted molar refractivity (Wildman–Crippen MR) is 89.4 cm³/mol. The van der Waals surface area contributed by atoms with E-state index in [1.165, 1.54) is 20.0 Å². The maximum Gasteiger partial charge on any atom is 0.349 e. The zero-order valence-corrected chi connectivity index (χ0v) is 14.2. The Balaban J connectivity index is 2.78. The lowest BCUT2D eigenvalue weighted by atomic mass is 10.1. The van der Waals surface area contributed by atoms with E-state index in [-0.39, 0.29) is 5.57 Å². The van der Waals surface area contributed by atoms with Crippen molar-refractivity contribution in [2.24, 2.45) is 0 Å².